The summed E-state index contributed by atoms with van der Waals surface area (Å²) in [4.78, 5) is 34.9. The first kappa shape index (κ1) is 32.5. The number of carbonyl (C=O) groups is 2. The van der Waals surface area contributed by atoms with E-state index in [4.69, 9.17) is 11.6 Å². The summed E-state index contributed by atoms with van der Waals surface area (Å²) in [5.41, 5.74) is 1.41. The zero-order valence-corrected chi connectivity index (χ0v) is 27.6. The van der Waals surface area contributed by atoms with Gasteiger partial charge in [0.25, 0.3) is 11.8 Å². The minimum Gasteiger partial charge on any atom is -0.322 e. The van der Waals surface area contributed by atoms with Crippen LogP contribution in [-0.2, 0) is 12.7 Å². The average Bonchev–Trinajstić information content (AvgIpc) is 3.43. The minimum absolute atomic E-state index is 0.120. The molecule has 5 rings (SSSR count). The molecule has 1 saturated heterocycles. The van der Waals surface area contributed by atoms with Crippen LogP contribution in [0.25, 0.3) is 11.0 Å². The Bertz CT molecular complexity index is 1710. The van der Waals surface area contributed by atoms with Crippen molar-refractivity contribution in [2.45, 2.75) is 26.6 Å². The van der Waals surface area contributed by atoms with Gasteiger partial charge in [-0.2, -0.15) is 13.2 Å². The molecule has 0 saturated carbocycles. The van der Waals surface area contributed by atoms with E-state index in [0.717, 1.165) is 25.7 Å². The summed E-state index contributed by atoms with van der Waals surface area (Å²) in [5, 5.41) is 6.34. The number of alkyl halides is 3. The van der Waals surface area contributed by atoms with E-state index in [-0.39, 0.29) is 28.3 Å². The van der Waals surface area contributed by atoms with Crippen molar-refractivity contribution in [2.24, 2.45) is 0 Å². The molecule has 1 aliphatic rings. The largest absolute Gasteiger partial charge is 0.416 e. The maximum Gasteiger partial charge on any atom is 0.416 e. The van der Waals surface area contributed by atoms with E-state index in [1.807, 2.05) is 8.87 Å². The normalized spacial score (nSPS) is 14.6. The van der Waals surface area contributed by atoms with Gasteiger partial charge in [0, 0.05) is 97.8 Å². The highest BCUT2D eigenvalue weighted by Crippen LogP contribution is 2.34. The molecule has 0 aliphatic carbocycles. The number of aromatic nitrogens is 2. The van der Waals surface area contributed by atoms with E-state index < -0.39 is 23.6 Å². The molecule has 0 spiro atoms. The van der Waals surface area contributed by atoms with Crippen LogP contribution < -0.4 is 10.6 Å². The van der Waals surface area contributed by atoms with Gasteiger partial charge in [-0.15, -0.1) is 0 Å². The molecule has 2 amide bonds. The molecule has 0 radical (unpaired) electrons. The van der Waals surface area contributed by atoms with Crippen molar-refractivity contribution in [1.82, 2.24) is 18.8 Å². The molecule has 0 unspecified atom stereocenters. The van der Waals surface area contributed by atoms with Crippen LogP contribution in [0.2, 0.25) is 5.02 Å². The number of pyridine rings is 1. The number of nitrogens with one attached hydrogen (secondary N) is 2. The van der Waals surface area contributed by atoms with Gasteiger partial charge >= 0.3 is 6.18 Å². The minimum atomic E-state index is -4.62. The Morgan fingerprint density at radius 1 is 1.02 bits per heavy atom. The Labute approximate surface area is 274 Å². The van der Waals surface area contributed by atoms with Gasteiger partial charge in [-0.25, -0.2) is 4.98 Å². The molecule has 14 heteroatoms. The molecule has 232 valence electrons. The van der Waals surface area contributed by atoms with Gasteiger partial charge in [0.1, 0.15) is 0 Å². The summed E-state index contributed by atoms with van der Waals surface area (Å²) in [6.45, 7) is 7.89. The number of hydrogen-bond donors (Lipinski definition) is 2. The van der Waals surface area contributed by atoms with Gasteiger partial charge in [0.15, 0.2) is 5.65 Å². The summed E-state index contributed by atoms with van der Waals surface area (Å²) >= 11 is 8.65. The molecule has 2 N–H and O–H groups in total. The molecular weight excluding hydrogens is 728 g/mol. The number of benzene rings is 2. The van der Waals surface area contributed by atoms with E-state index in [1.165, 1.54) is 27.4 Å². The van der Waals surface area contributed by atoms with Crippen molar-refractivity contribution in [3.63, 3.8) is 0 Å². The predicted octanol–water partition coefficient (Wildman–Crippen LogP) is 7.51. The van der Waals surface area contributed by atoms with Gasteiger partial charge in [-0.1, -0.05) is 30.7 Å². The molecule has 44 heavy (non-hydrogen) atoms. The third kappa shape index (κ3) is 7.17. The summed E-state index contributed by atoms with van der Waals surface area (Å²) in [6, 6.07) is 10.3. The number of piperazine rings is 1. The Morgan fingerprint density at radius 2 is 1.75 bits per heavy atom. The number of aryl methyl sites for hydroxylation is 1. The quantitative estimate of drug-likeness (QED) is 0.181. The fourth-order valence-corrected chi connectivity index (χ4v) is 6.65. The average molecular weight is 757 g/mol. The van der Waals surface area contributed by atoms with Gasteiger partial charge in [-0.05, 0) is 54.9 Å². The standard InChI is InChI=1S/C30H29ClF3IN6O2S/c1-3-39-10-12-40(13-11-39)17-20-6-5-19(14-24(20)30(32,33)34)28(42)37-21-7-4-18(2)25(15-21)38-29(43)23-16-36-27-22(26(23)31)8-9-41(27)44-35/h4-9,14-16H,3,10-13,17H2,1-2H3,(H,37,42)(H,38,43). The number of likely N-dealkylation sites (N-methyl/N-ethyl adjacent to an activating group) is 1. The smallest absolute Gasteiger partial charge is 0.322 e. The van der Waals surface area contributed by atoms with E-state index in [1.54, 1.807) is 37.4 Å². The van der Waals surface area contributed by atoms with Crippen LogP contribution in [0, 0.1) is 6.92 Å². The second-order valence-corrected chi connectivity index (χ2v) is 12.5. The van der Waals surface area contributed by atoms with E-state index in [9.17, 15) is 22.8 Å². The van der Waals surface area contributed by atoms with Crippen LogP contribution in [0.1, 0.15) is 44.3 Å². The number of hydrogen-bond acceptors (Lipinski definition) is 6. The Hall–Kier alpha value is -2.85. The second-order valence-electron chi connectivity index (χ2n) is 10.5. The first-order chi connectivity index (χ1) is 21.0. The molecule has 2 aromatic heterocycles. The first-order valence-electron chi connectivity index (χ1n) is 13.8. The topological polar surface area (TPSA) is 82.5 Å². The zero-order chi connectivity index (χ0) is 31.6. The third-order valence-electron chi connectivity index (χ3n) is 7.66. The summed E-state index contributed by atoms with van der Waals surface area (Å²) in [7, 11) is 1.42. The lowest BCUT2D eigenvalue weighted by Crippen LogP contribution is -2.45. The van der Waals surface area contributed by atoms with Crippen LogP contribution >= 0.6 is 41.9 Å². The Morgan fingerprint density at radius 3 is 2.43 bits per heavy atom. The van der Waals surface area contributed by atoms with Crippen molar-refractivity contribution in [3.8, 4) is 0 Å². The second kappa shape index (κ2) is 13.6. The summed E-state index contributed by atoms with van der Waals surface area (Å²) < 4.78 is 44.0. The lowest BCUT2D eigenvalue weighted by Gasteiger charge is -2.34. The molecular formula is C30H29ClF3IN6O2S. The van der Waals surface area contributed by atoms with Crippen molar-refractivity contribution in [3.05, 3.63) is 87.7 Å². The maximum absolute atomic E-state index is 14.1. The first-order valence-corrected chi connectivity index (χ1v) is 17.5. The fraction of sp³-hybridized carbons (Fsp3) is 0.300. The number of fused-ring (bicyclic) bond motifs is 1. The molecule has 4 aromatic rings. The molecule has 0 atom stereocenters. The van der Waals surface area contributed by atoms with E-state index in [0.29, 0.717) is 41.1 Å². The molecule has 0 bridgehead atoms. The molecule has 2 aromatic carbocycles. The summed E-state index contributed by atoms with van der Waals surface area (Å²) in [5.74, 6) is -1.19. The zero-order valence-electron chi connectivity index (χ0n) is 23.8. The van der Waals surface area contributed by atoms with Crippen LogP contribution in [-0.4, -0.2) is 63.3 Å². The van der Waals surface area contributed by atoms with Crippen molar-refractivity contribution < 1.29 is 22.8 Å². The fourth-order valence-electron chi connectivity index (χ4n) is 5.10. The maximum atomic E-state index is 14.1. The monoisotopic (exact) mass is 756 g/mol. The van der Waals surface area contributed by atoms with Gasteiger partial charge < -0.3 is 15.5 Å². The van der Waals surface area contributed by atoms with Crippen molar-refractivity contribution in [1.29, 1.82) is 0 Å². The highest BCUT2D eigenvalue weighted by molar-refractivity contribution is 14.2. The molecule has 8 nitrogen and oxygen atoms in total. The Kier molecular flexibility index (Phi) is 10.1. The van der Waals surface area contributed by atoms with Gasteiger partial charge in [0.05, 0.1) is 16.1 Å². The SMILES string of the molecule is CCN1CCN(Cc2ccc(C(=O)Nc3ccc(C)c(NC(=O)c4cnc5c(ccn5SI)c4Cl)c3)cc2C(F)(F)F)CC1. The number of nitrogens with zero attached hydrogens (tertiary/aromatic N) is 4. The van der Waals surface area contributed by atoms with Crippen molar-refractivity contribution in [2.75, 3.05) is 43.4 Å². The van der Waals surface area contributed by atoms with E-state index >= 15 is 0 Å². The highest BCUT2D eigenvalue weighted by atomic mass is 127. The number of anilines is 2. The number of halogens is 5. The number of amides is 2. The lowest BCUT2D eigenvalue weighted by atomic mass is 10.0. The van der Waals surface area contributed by atoms with Gasteiger partial charge in [0.2, 0.25) is 0 Å². The van der Waals surface area contributed by atoms with Crippen LogP contribution in [0.5, 0.6) is 0 Å². The van der Waals surface area contributed by atoms with E-state index in [2.05, 4.69) is 48.6 Å². The lowest BCUT2D eigenvalue weighted by molar-refractivity contribution is -0.138. The number of rotatable bonds is 8. The molecule has 1 aliphatic heterocycles. The van der Waals surface area contributed by atoms with Crippen molar-refractivity contribution >= 4 is 76.1 Å². The summed E-state index contributed by atoms with van der Waals surface area (Å²) in [6.07, 6.45) is -1.41. The number of carbonyl (C=O) groups excluding carboxylic acids is 2. The molecule has 1 fully saturated rings. The molecule has 3 heterocycles. The third-order valence-corrected chi connectivity index (χ3v) is 9.78. The Balaban J connectivity index is 1.31. The van der Waals surface area contributed by atoms with Crippen LogP contribution in [0.3, 0.4) is 0 Å². The van der Waals surface area contributed by atoms with Crippen LogP contribution in [0.15, 0.2) is 54.9 Å². The predicted molar refractivity (Wildman–Crippen MR) is 178 cm³/mol. The van der Waals surface area contributed by atoms with Crippen LogP contribution in [0.4, 0.5) is 24.5 Å². The highest BCUT2D eigenvalue weighted by Gasteiger charge is 2.34. The van der Waals surface area contributed by atoms with Gasteiger partial charge in [-0.3, -0.25) is 18.5 Å².